The van der Waals surface area contributed by atoms with Crippen molar-refractivity contribution in [2.75, 3.05) is 26.2 Å². The number of imidazole rings is 1. The summed E-state index contributed by atoms with van der Waals surface area (Å²) in [6.45, 7) is 3.61. The summed E-state index contributed by atoms with van der Waals surface area (Å²) in [5, 5.41) is 3.37. The molecule has 2 saturated heterocycles. The molecule has 5 rings (SSSR count). The number of piperidine rings is 1. The number of hydrogen-bond donors (Lipinski definition) is 1. The van der Waals surface area contributed by atoms with Gasteiger partial charge in [0.1, 0.15) is 5.65 Å². The summed E-state index contributed by atoms with van der Waals surface area (Å²) in [5.74, 6) is 0.817. The Balaban J connectivity index is 0.00000136. The van der Waals surface area contributed by atoms with Gasteiger partial charge in [-0.2, -0.15) is 0 Å². The van der Waals surface area contributed by atoms with Crippen LogP contribution in [-0.4, -0.2) is 46.4 Å². The molecule has 1 atom stereocenters. The normalized spacial score (nSPS) is 20.1. The Morgan fingerprint density at radius 3 is 2.48 bits per heavy atom. The molecule has 31 heavy (non-hydrogen) atoms. The molecule has 1 N–H and O–H groups in total. The minimum atomic E-state index is -0.140. The second-order valence-corrected chi connectivity index (χ2v) is 8.48. The summed E-state index contributed by atoms with van der Waals surface area (Å²) in [7, 11) is 0. The molecule has 1 unspecified atom stereocenters. The van der Waals surface area contributed by atoms with Crippen molar-refractivity contribution < 1.29 is 4.79 Å². The summed E-state index contributed by atoms with van der Waals surface area (Å²) < 4.78 is 2.10. The number of nitrogens with one attached hydrogen (secondary N) is 1. The number of hydrogen-bond acceptors (Lipinski definition) is 3. The minimum Gasteiger partial charge on any atom is -0.343 e. The van der Waals surface area contributed by atoms with Crippen LogP contribution in [0.3, 0.4) is 0 Å². The fourth-order valence-electron chi connectivity index (χ4n) is 5.02. The van der Waals surface area contributed by atoms with Crippen LogP contribution >= 0.6 is 24.8 Å². The van der Waals surface area contributed by atoms with Crippen molar-refractivity contribution in [3.63, 3.8) is 0 Å². The molecule has 1 aromatic carbocycles. The molecule has 0 spiro atoms. The van der Waals surface area contributed by atoms with Gasteiger partial charge >= 0.3 is 0 Å². The lowest BCUT2D eigenvalue weighted by molar-refractivity contribution is -0.133. The van der Waals surface area contributed by atoms with Crippen LogP contribution in [0.4, 0.5) is 0 Å². The molecule has 1 amide bonds. The maximum Gasteiger partial charge on any atom is 0.222 e. The van der Waals surface area contributed by atoms with Gasteiger partial charge in [-0.25, -0.2) is 4.98 Å². The third-order valence-electron chi connectivity index (χ3n) is 6.78. The van der Waals surface area contributed by atoms with Crippen molar-refractivity contribution >= 4 is 36.4 Å². The predicted molar refractivity (Wildman–Crippen MR) is 128 cm³/mol. The van der Waals surface area contributed by atoms with Gasteiger partial charge in [-0.1, -0.05) is 36.4 Å². The van der Waals surface area contributed by atoms with E-state index < -0.39 is 0 Å². The summed E-state index contributed by atoms with van der Waals surface area (Å²) in [6, 6.07) is 16.8. The number of carbonyl (C=O) groups is 1. The number of pyridine rings is 1. The zero-order chi connectivity index (χ0) is 19.7. The highest BCUT2D eigenvalue weighted by Crippen LogP contribution is 2.41. The molecule has 7 heteroatoms. The van der Waals surface area contributed by atoms with Crippen molar-refractivity contribution in [1.82, 2.24) is 19.6 Å². The first-order chi connectivity index (χ1) is 14.2. The number of fused-ring (bicyclic) bond motifs is 1. The molecule has 3 aromatic rings. The Bertz CT molecular complexity index is 960. The van der Waals surface area contributed by atoms with Crippen LogP contribution in [0.1, 0.15) is 36.9 Å². The summed E-state index contributed by atoms with van der Waals surface area (Å²) in [6.07, 6.45) is 7.85. The Kier molecular flexibility index (Phi) is 7.63. The first-order valence-corrected chi connectivity index (χ1v) is 10.7. The lowest BCUT2D eigenvalue weighted by atomic mass is 9.70. The highest BCUT2D eigenvalue weighted by atomic mass is 35.5. The average molecular weight is 461 g/mol. The lowest BCUT2D eigenvalue weighted by Crippen LogP contribution is -2.46. The Morgan fingerprint density at radius 2 is 1.81 bits per heavy atom. The molecule has 166 valence electrons. The van der Waals surface area contributed by atoms with Gasteiger partial charge in [0.15, 0.2) is 0 Å². The Hall–Kier alpha value is -2.08. The third-order valence-corrected chi connectivity index (χ3v) is 6.78. The number of nitrogens with zero attached hydrogens (tertiary/aromatic N) is 3. The van der Waals surface area contributed by atoms with E-state index in [4.69, 9.17) is 4.98 Å². The van der Waals surface area contributed by atoms with Gasteiger partial charge < -0.3 is 14.6 Å². The van der Waals surface area contributed by atoms with Crippen LogP contribution in [0.2, 0.25) is 0 Å². The van der Waals surface area contributed by atoms with E-state index in [-0.39, 0.29) is 30.2 Å². The van der Waals surface area contributed by atoms with Crippen molar-refractivity contribution in [1.29, 1.82) is 0 Å². The van der Waals surface area contributed by atoms with Crippen molar-refractivity contribution in [2.45, 2.75) is 31.1 Å². The number of halogens is 2. The molecule has 2 aliphatic heterocycles. The van der Waals surface area contributed by atoms with Crippen LogP contribution < -0.4 is 5.32 Å². The standard InChI is InChI=1S/C24H28N4O.2ClH/c29-23(16-19-9-12-25-17-19)27-14-10-24(11-15-27,20-6-2-1-3-7-20)21-18-28-13-5-4-8-22(28)26-21;;/h1-8,13,18-19,25H,9-12,14-17H2;2*1H. The number of benzene rings is 1. The van der Waals surface area contributed by atoms with Gasteiger partial charge in [-0.05, 0) is 56.0 Å². The molecule has 2 fully saturated rings. The molecular formula is C24H30Cl2N4O. The summed E-state index contributed by atoms with van der Waals surface area (Å²) in [5.41, 5.74) is 3.25. The number of likely N-dealkylation sites (tertiary alicyclic amines) is 1. The highest BCUT2D eigenvalue weighted by molar-refractivity contribution is 5.85. The van der Waals surface area contributed by atoms with E-state index >= 15 is 0 Å². The third kappa shape index (κ3) is 4.59. The van der Waals surface area contributed by atoms with Gasteiger partial charge in [0.25, 0.3) is 0 Å². The molecule has 0 bridgehead atoms. The van der Waals surface area contributed by atoms with E-state index in [9.17, 15) is 4.79 Å². The SMILES string of the molecule is Cl.Cl.O=C(CC1CCNC1)N1CCC(c2ccccc2)(c2cn3ccccc3n2)CC1. The number of aromatic nitrogens is 2. The minimum absolute atomic E-state index is 0. The molecular weight excluding hydrogens is 431 g/mol. The molecule has 0 saturated carbocycles. The van der Waals surface area contributed by atoms with E-state index in [0.29, 0.717) is 18.2 Å². The van der Waals surface area contributed by atoms with Crippen molar-refractivity contribution in [2.24, 2.45) is 5.92 Å². The van der Waals surface area contributed by atoms with Gasteiger partial charge in [0.05, 0.1) is 5.69 Å². The smallest absolute Gasteiger partial charge is 0.222 e. The second kappa shape index (κ2) is 10.0. The van der Waals surface area contributed by atoms with E-state index in [0.717, 1.165) is 56.8 Å². The van der Waals surface area contributed by atoms with Gasteiger partial charge in [-0.15, -0.1) is 24.8 Å². The van der Waals surface area contributed by atoms with E-state index in [1.807, 2.05) is 12.1 Å². The van der Waals surface area contributed by atoms with E-state index in [1.54, 1.807) is 0 Å². The van der Waals surface area contributed by atoms with Crippen LogP contribution in [0.25, 0.3) is 5.65 Å². The fourth-order valence-corrected chi connectivity index (χ4v) is 5.02. The molecule has 0 radical (unpaired) electrons. The number of amides is 1. The van der Waals surface area contributed by atoms with Gasteiger partial charge in [-0.3, -0.25) is 4.79 Å². The molecule has 4 heterocycles. The van der Waals surface area contributed by atoms with E-state index in [2.05, 4.69) is 63.4 Å². The fraction of sp³-hybridized carbons (Fsp3) is 0.417. The predicted octanol–water partition coefficient (Wildman–Crippen LogP) is 4.09. The number of carbonyl (C=O) groups excluding carboxylic acids is 1. The van der Waals surface area contributed by atoms with Crippen molar-refractivity contribution in [3.8, 4) is 0 Å². The average Bonchev–Trinajstić information content (AvgIpc) is 3.44. The van der Waals surface area contributed by atoms with Crippen molar-refractivity contribution in [3.05, 3.63) is 72.2 Å². The highest BCUT2D eigenvalue weighted by Gasteiger charge is 2.41. The summed E-state index contributed by atoms with van der Waals surface area (Å²) in [4.78, 5) is 19.9. The van der Waals surface area contributed by atoms with Crippen LogP contribution in [0.15, 0.2) is 60.9 Å². The maximum absolute atomic E-state index is 12.9. The zero-order valence-corrected chi connectivity index (χ0v) is 19.2. The summed E-state index contributed by atoms with van der Waals surface area (Å²) >= 11 is 0. The van der Waals surface area contributed by atoms with Gasteiger partial charge in [0, 0.05) is 37.3 Å². The van der Waals surface area contributed by atoms with Crippen LogP contribution in [0, 0.1) is 5.92 Å². The molecule has 5 nitrogen and oxygen atoms in total. The van der Waals surface area contributed by atoms with Crippen LogP contribution in [0.5, 0.6) is 0 Å². The molecule has 2 aromatic heterocycles. The Morgan fingerprint density at radius 1 is 1.06 bits per heavy atom. The first-order valence-electron chi connectivity index (χ1n) is 10.7. The topological polar surface area (TPSA) is 49.6 Å². The quantitative estimate of drug-likeness (QED) is 0.637. The van der Waals surface area contributed by atoms with Gasteiger partial charge in [0.2, 0.25) is 5.91 Å². The lowest BCUT2D eigenvalue weighted by Gasteiger charge is -2.41. The first kappa shape index (κ1) is 23.6. The monoisotopic (exact) mass is 460 g/mol. The van der Waals surface area contributed by atoms with Crippen LogP contribution in [-0.2, 0) is 10.2 Å². The Labute approximate surface area is 196 Å². The largest absolute Gasteiger partial charge is 0.343 e. The molecule has 0 aliphatic carbocycles. The second-order valence-electron chi connectivity index (χ2n) is 8.48. The number of rotatable bonds is 4. The zero-order valence-electron chi connectivity index (χ0n) is 17.6. The van der Waals surface area contributed by atoms with E-state index in [1.165, 1.54) is 5.56 Å². The maximum atomic E-state index is 12.9. The molecule has 2 aliphatic rings.